The zero-order valence-electron chi connectivity index (χ0n) is 22.3. The molecule has 8 nitrogen and oxygen atoms in total. The van der Waals surface area contributed by atoms with Gasteiger partial charge in [-0.3, -0.25) is 14.9 Å². The Morgan fingerprint density at radius 2 is 1.48 bits per heavy atom. The summed E-state index contributed by atoms with van der Waals surface area (Å²) in [5, 5.41) is 3.44. The van der Waals surface area contributed by atoms with E-state index >= 15 is 0 Å². The largest absolute Gasteiger partial charge is 0.497 e. The standard InChI is InChI=1S/C32H24Cl2N2O6/c1-40-27-12-7-22(29(17-27)42-19-21-3-2-4-24(34)15-21)16-28-30(37)35-32(39)36(31(28)38)25-10-13-26(14-11-25)41-18-20-5-8-23(33)9-6-20/h2-17H,18-19H2,1H3,(H,35,37,39)/b28-16+. The van der Waals surface area contributed by atoms with Crippen LogP contribution >= 0.6 is 23.2 Å². The van der Waals surface area contributed by atoms with Crippen LogP contribution in [0.3, 0.4) is 0 Å². The summed E-state index contributed by atoms with van der Waals surface area (Å²) < 4.78 is 17.1. The van der Waals surface area contributed by atoms with Gasteiger partial charge in [-0.2, -0.15) is 0 Å². The molecule has 4 aromatic carbocycles. The Bertz CT molecular complexity index is 1670. The molecule has 0 atom stereocenters. The van der Waals surface area contributed by atoms with Crippen molar-refractivity contribution in [3.05, 3.63) is 123 Å². The molecule has 4 aromatic rings. The quantitative estimate of drug-likeness (QED) is 0.167. The number of rotatable bonds is 9. The van der Waals surface area contributed by atoms with Crippen molar-refractivity contribution in [1.82, 2.24) is 5.32 Å². The van der Waals surface area contributed by atoms with E-state index in [4.69, 9.17) is 37.4 Å². The molecule has 1 aliphatic heterocycles. The maximum atomic E-state index is 13.5. The summed E-state index contributed by atoms with van der Waals surface area (Å²) in [6.07, 6.45) is 1.38. The number of amides is 4. The smallest absolute Gasteiger partial charge is 0.335 e. The third kappa shape index (κ3) is 6.74. The van der Waals surface area contributed by atoms with Crippen molar-refractivity contribution in [3.8, 4) is 17.2 Å². The van der Waals surface area contributed by atoms with Crippen molar-refractivity contribution in [3.63, 3.8) is 0 Å². The zero-order valence-corrected chi connectivity index (χ0v) is 23.8. The number of benzene rings is 4. The fourth-order valence-corrected chi connectivity index (χ4v) is 4.50. The van der Waals surface area contributed by atoms with Gasteiger partial charge in [0.15, 0.2) is 0 Å². The minimum absolute atomic E-state index is 0.182. The second-order valence-electron chi connectivity index (χ2n) is 9.19. The highest BCUT2D eigenvalue weighted by atomic mass is 35.5. The SMILES string of the molecule is COc1ccc(/C=C2\C(=O)NC(=O)N(c3ccc(OCc4ccc(Cl)cc4)cc3)C2=O)c(OCc2cccc(Cl)c2)c1. The molecule has 1 saturated heterocycles. The van der Waals surface area contributed by atoms with E-state index in [-0.39, 0.29) is 17.9 Å². The van der Waals surface area contributed by atoms with Crippen molar-refractivity contribution < 1.29 is 28.6 Å². The number of nitrogens with one attached hydrogen (secondary N) is 1. The first-order chi connectivity index (χ1) is 20.3. The molecule has 1 heterocycles. The van der Waals surface area contributed by atoms with E-state index in [2.05, 4.69) is 5.32 Å². The molecule has 4 amide bonds. The number of urea groups is 1. The van der Waals surface area contributed by atoms with Crippen molar-refractivity contribution in [2.75, 3.05) is 12.0 Å². The number of anilines is 1. The fraction of sp³-hybridized carbons (Fsp3) is 0.0938. The molecule has 0 radical (unpaired) electrons. The number of halogens is 2. The van der Waals surface area contributed by atoms with Gasteiger partial charge in [0.25, 0.3) is 11.8 Å². The lowest BCUT2D eigenvalue weighted by Gasteiger charge is -2.26. The molecule has 1 N–H and O–H groups in total. The van der Waals surface area contributed by atoms with Gasteiger partial charge in [-0.05, 0) is 77.9 Å². The van der Waals surface area contributed by atoms with Crippen molar-refractivity contribution in [1.29, 1.82) is 0 Å². The molecule has 212 valence electrons. The molecule has 10 heteroatoms. The Morgan fingerprint density at radius 1 is 0.762 bits per heavy atom. The second kappa shape index (κ2) is 12.8. The molecule has 0 unspecified atom stereocenters. The number of hydrogen-bond acceptors (Lipinski definition) is 6. The third-order valence-electron chi connectivity index (χ3n) is 6.32. The Labute approximate surface area is 252 Å². The van der Waals surface area contributed by atoms with Crippen LogP contribution in [0, 0.1) is 0 Å². The number of barbiturate groups is 1. The predicted molar refractivity (Wildman–Crippen MR) is 160 cm³/mol. The van der Waals surface area contributed by atoms with E-state index in [1.54, 1.807) is 66.7 Å². The maximum absolute atomic E-state index is 13.5. The van der Waals surface area contributed by atoms with Gasteiger partial charge in [0.05, 0.1) is 12.8 Å². The maximum Gasteiger partial charge on any atom is 0.335 e. The monoisotopic (exact) mass is 602 g/mol. The number of ether oxygens (including phenoxy) is 3. The minimum Gasteiger partial charge on any atom is -0.497 e. The Hall–Kier alpha value is -4.79. The lowest BCUT2D eigenvalue weighted by Crippen LogP contribution is -2.54. The van der Waals surface area contributed by atoms with Crippen LogP contribution in [0.25, 0.3) is 6.08 Å². The van der Waals surface area contributed by atoms with Crippen LogP contribution in [0.1, 0.15) is 16.7 Å². The highest BCUT2D eigenvalue weighted by molar-refractivity contribution is 6.39. The van der Waals surface area contributed by atoms with E-state index in [0.717, 1.165) is 16.0 Å². The molecule has 0 saturated carbocycles. The van der Waals surface area contributed by atoms with E-state index in [9.17, 15) is 14.4 Å². The molecule has 1 fully saturated rings. The average molecular weight is 603 g/mol. The van der Waals surface area contributed by atoms with Gasteiger partial charge in [-0.25, -0.2) is 9.69 Å². The summed E-state index contributed by atoms with van der Waals surface area (Å²) in [5.74, 6) is -0.179. The van der Waals surface area contributed by atoms with Gasteiger partial charge in [-0.15, -0.1) is 0 Å². The highest BCUT2D eigenvalue weighted by Gasteiger charge is 2.37. The lowest BCUT2D eigenvalue weighted by atomic mass is 10.1. The minimum atomic E-state index is -0.857. The topological polar surface area (TPSA) is 94.2 Å². The van der Waals surface area contributed by atoms with Gasteiger partial charge in [0, 0.05) is 21.7 Å². The van der Waals surface area contributed by atoms with E-state index in [0.29, 0.717) is 39.5 Å². The summed E-state index contributed by atoms with van der Waals surface area (Å²) in [7, 11) is 1.52. The summed E-state index contributed by atoms with van der Waals surface area (Å²) >= 11 is 12.0. The molecule has 0 aromatic heterocycles. The third-order valence-corrected chi connectivity index (χ3v) is 6.81. The Balaban J connectivity index is 1.36. The molecule has 0 spiro atoms. The van der Waals surface area contributed by atoms with Gasteiger partial charge in [0.2, 0.25) is 0 Å². The average Bonchev–Trinajstić information content (AvgIpc) is 2.99. The molecule has 1 aliphatic rings. The van der Waals surface area contributed by atoms with Gasteiger partial charge < -0.3 is 14.2 Å². The van der Waals surface area contributed by atoms with Gasteiger partial charge in [-0.1, -0.05) is 47.5 Å². The Kier molecular flexibility index (Phi) is 8.76. The van der Waals surface area contributed by atoms with Crippen LogP contribution in [0.2, 0.25) is 10.0 Å². The summed E-state index contributed by atoms with van der Waals surface area (Å²) in [4.78, 5) is 39.9. The van der Waals surface area contributed by atoms with Crippen LogP contribution in [-0.2, 0) is 22.8 Å². The highest BCUT2D eigenvalue weighted by Crippen LogP contribution is 2.30. The number of hydrogen-bond donors (Lipinski definition) is 1. The molecule has 0 bridgehead atoms. The predicted octanol–water partition coefficient (Wildman–Crippen LogP) is 6.83. The first-order valence-corrected chi connectivity index (χ1v) is 13.5. The number of methoxy groups -OCH3 is 1. The molecule has 0 aliphatic carbocycles. The van der Waals surface area contributed by atoms with Crippen LogP contribution in [-0.4, -0.2) is 25.0 Å². The zero-order chi connectivity index (χ0) is 29.6. The van der Waals surface area contributed by atoms with Crippen molar-refractivity contribution in [2.45, 2.75) is 13.2 Å². The van der Waals surface area contributed by atoms with Gasteiger partial charge in [0.1, 0.15) is 36.0 Å². The van der Waals surface area contributed by atoms with Crippen LogP contribution in [0.5, 0.6) is 17.2 Å². The Morgan fingerprint density at radius 3 is 2.19 bits per heavy atom. The summed E-state index contributed by atoms with van der Waals surface area (Å²) in [6, 6.07) is 25.0. The summed E-state index contributed by atoms with van der Waals surface area (Å²) in [5.41, 5.74) is 2.22. The van der Waals surface area contributed by atoms with Crippen LogP contribution < -0.4 is 24.4 Å². The molecule has 42 heavy (non-hydrogen) atoms. The second-order valence-corrected chi connectivity index (χ2v) is 10.1. The van der Waals surface area contributed by atoms with Crippen molar-refractivity contribution in [2.24, 2.45) is 0 Å². The number of carbonyl (C=O) groups excluding carboxylic acids is 3. The normalized spacial score (nSPS) is 14.1. The molecular weight excluding hydrogens is 579 g/mol. The first-order valence-electron chi connectivity index (χ1n) is 12.7. The van der Waals surface area contributed by atoms with Crippen LogP contribution in [0.15, 0.2) is 96.6 Å². The fourth-order valence-electron chi connectivity index (χ4n) is 4.16. The number of nitrogens with zero attached hydrogens (tertiary/aromatic N) is 1. The summed E-state index contributed by atoms with van der Waals surface area (Å²) in [6.45, 7) is 0.492. The number of carbonyl (C=O) groups is 3. The van der Waals surface area contributed by atoms with Gasteiger partial charge >= 0.3 is 6.03 Å². The number of imide groups is 2. The first kappa shape index (κ1) is 28.7. The van der Waals surface area contributed by atoms with Crippen molar-refractivity contribution >= 4 is 52.8 Å². The molecule has 5 rings (SSSR count). The van der Waals surface area contributed by atoms with E-state index in [1.807, 2.05) is 24.3 Å². The van der Waals surface area contributed by atoms with E-state index in [1.165, 1.54) is 13.2 Å². The van der Waals surface area contributed by atoms with Crippen LogP contribution in [0.4, 0.5) is 10.5 Å². The van der Waals surface area contributed by atoms with E-state index < -0.39 is 17.8 Å². The lowest BCUT2D eigenvalue weighted by molar-refractivity contribution is -0.122. The molecular formula is C32H24Cl2N2O6.